The van der Waals surface area contributed by atoms with Gasteiger partial charge in [0.25, 0.3) is 5.91 Å². The smallest absolute Gasteiger partial charge is 0.254 e. The van der Waals surface area contributed by atoms with Crippen molar-refractivity contribution in [3.63, 3.8) is 0 Å². The molecule has 0 saturated carbocycles. The largest absolute Gasteiger partial charge is 0.394 e. The van der Waals surface area contributed by atoms with Crippen LogP contribution in [0.1, 0.15) is 23.2 Å². The average molecular weight is 284 g/mol. The van der Waals surface area contributed by atoms with E-state index in [4.69, 9.17) is 0 Å². The number of carbonyl (C=O) groups excluding carboxylic acids is 1. The van der Waals surface area contributed by atoms with Gasteiger partial charge in [0.2, 0.25) is 0 Å². The van der Waals surface area contributed by atoms with E-state index >= 15 is 0 Å². The molecule has 0 aromatic heterocycles. The van der Waals surface area contributed by atoms with E-state index in [2.05, 4.69) is 15.9 Å². The molecule has 1 unspecified atom stereocenters. The van der Waals surface area contributed by atoms with Gasteiger partial charge in [0.1, 0.15) is 0 Å². The van der Waals surface area contributed by atoms with E-state index in [1.54, 1.807) is 17.0 Å². The predicted molar refractivity (Wildman–Crippen MR) is 65.3 cm³/mol. The number of nitrogens with zero attached hydrogens (tertiary/aromatic N) is 1. The van der Waals surface area contributed by atoms with Gasteiger partial charge in [0, 0.05) is 16.6 Å². The first kappa shape index (κ1) is 11.6. The third-order valence-electron chi connectivity index (χ3n) is 2.94. The second kappa shape index (κ2) is 4.97. The van der Waals surface area contributed by atoms with Gasteiger partial charge >= 0.3 is 0 Å². The molecule has 2 rings (SSSR count). The number of likely N-dealkylation sites (tertiary alicyclic amines) is 1. The van der Waals surface area contributed by atoms with Gasteiger partial charge < -0.3 is 10.0 Å². The summed E-state index contributed by atoms with van der Waals surface area (Å²) in [6.45, 7) is 0.808. The van der Waals surface area contributed by atoms with Crippen molar-refractivity contribution in [2.75, 3.05) is 13.2 Å². The van der Waals surface area contributed by atoms with Crippen molar-refractivity contribution in [1.29, 1.82) is 0 Å². The topological polar surface area (TPSA) is 40.5 Å². The quantitative estimate of drug-likeness (QED) is 0.903. The minimum absolute atomic E-state index is 0.00357. The molecule has 1 N–H and O–H groups in total. The van der Waals surface area contributed by atoms with Crippen LogP contribution in [0, 0.1) is 0 Å². The number of rotatable bonds is 2. The summed E-state index contributed by atoms with van der Waals surface area (Å²) in [5.41, 5.74) is 0.684. The van der Waals surface area contributed by atoms with Gasteiger partial charge in [-0.1, -0.05) is 15.9 Å². The Morgan fingerprint density at radius 2 is 2.12 bits per heavy atom. The highest BCUT2D eigenvalue weighted by molar-refractivity contribution is 9.10. The van der Waals surface area contributed by atoms with Gasteiger partial charge in [-0.3, -0.25) is 4.79 Å². The molecule has 0 bridgehead atoms. The molecule has 4 heteroatoms. The molecule has 3 nitrogen and oxygen atoms in total. The summed E-state index contributed by atoms with van der Waals surface area (Å²) in [6.07, 6.45) is 1.88. The maximum atomic E-state index is 12.1. The highest BCUT2D eigenvalue weighted by Crippen LogP contribution is 2.20. The Hall–Kier alpha value is -0.870. The van der Waals surface area contributed by atoms with Gasteiger partial charge in [0.15, 0.2) is 0 Å². The third kappa shape index (κ3) is 2.28. The number of aliphatic hydroxyl groups is 1. The van der Waals surface area contributed by atoms with Crippen LogP contribution in [0.5, 0.6) is 0 Å². The van der Waals surface area contributed by atoms with Crippen molar-refractivity contribution >= 4 is 21.8 Å². The Labute approximate surface area is 103 Å². The molecule has 1 aromatic rings. The van der Waals surface area contributed by atoms with Gasteiger partial charge in [-0.15, -0.1) is 0 Å². The second-order valence-electron chi connectivity index (χ2n) is 3.98. The zero-order chi connectivity index (χ0) is 11.5. The van der Waals surface area contributed by atoms with E-state index in [1.165, 1.54) is 0 Å². The summed E-state index contributed by atoms with van der Waals surface area (Å²) in [5, 5.41) is 9.17. The Morgan fingerprint density at radius 3 is 2.75 bits per heavy atom. The fourth-order valence-corrected chi connectivity index (χ4v) is 2.32. The molecule has 86 valence electrons. The number of halogens is 1. The fourth-order valence-electron chi connectivity index (χ4n) is 2.05. The lowest BCUT2D eigenvalue weighted by Crippen LogP contribution is -2.37. The van der Waals surface area contributed by atoms with Crippen molar-refractivity contribution in [2.24, 2.45) is 0 Å². The highest BCUT2D eigenvalue weighted by atomic mass is 79.9. The first-order valence-electron chi connectivity index (χ1n) is 5.40. The molecule has 1 aromatic carbocycles. The molecule has 16 heavy (non-hydrogen) atoms. The predicted octanol–water partition coefficient (Wildman–Crippen LogP) is 2.05. The molecule has 1 amide bonds. The minimum atomic E-state index is -0.00357. The van der Waals surface area contributed by atoms with Crippen LogP contribution < -0.4 is 0 Å². The lowest BCUT2D eigenvalue weighted by molar-refractivity contribution is 0.0677. The number of benzene rings is 1. The number of carbonyl (C=O) groups is 1. The number of amides is 1. The van der Waals surface area contributed by atoms with Crippen molar-refractivity contribution in [3.05, 3.63) is 34.3 Å². The second-order valence-corrected chi connectivity index (χ2v) is 4.90. The summed E-state index contributed by atoms with van der Waals surface area (Å²) in [6, 6.07) is 7.32. The Bertz CT molecular complexity index is 377. The van der Waals surface area contributed by atoms with Crippen LogP contribution in [0.2, 0.25) is 0 Å². The summed E-state index contributed by atoms with van der Waals surface area (Å²) in [4.78, 5) is 13.9. The van der Waals surface area contributed by atoms with Crippen LogP contribution in [0.3, 0.4) is 0 Å². The highest BCUT2D eigenvalue weighted by Gasteiger charge is 2.28. The molecule has 1 fully saturated rings. The first-order chi connectivity index (χ1) is 7.72. The summed E-state index contributed by atoms with van der Waals surface area (Å²) in [5.74, 6) is 0.0176. The molecule has 0 aliphatic carbocycles. The zero-order valence-electron chi connectivity index (χ0n) is 8.90. The van der Waals surface area contributed by atoms with Gasteiger partial charge in [-0.25, -0.2) is 0 Å². The van der Waals surface area contributed by atoms with Crippen molar-refractivity contribution in [3.8, 4) is 0 Å². The van der Waals surface area contributed by atoms with Gasteiger partial charge in [-0.2, -0.15) is 0 Å². The molecular formula is C12H14BrNO2. The SMILES string of the molecule is O=C(c1ccc(Br)cc1)N1CCCC1CO. The molecule has 0 radical (unpaired) electrons. The van der Waals surface area contributed by atoms with Crippen LogP contribution in [-0.2, 0) is 0 Å². The number of hydrogen-bond donors (Lipinski definition) is 1. The van der Waals surface area contributed by atoms with E-state index in [0.29, 0.717) is 5.56 Å². The molecule has 1 atom stereocenters. The molecule has 0 spiro atoms. The Balaban J connectivity index is 2.15. The van der Waals surface area contributed by atoms with E-state index in [1.807, 2.05) is 12.1 Å². The maximum absolute atomic E-state index is 12.1. The van der Waals surface area contributed by atoms with Crippen molar-refractivity contribution in [2.45, 2.75) is 18.9 Å². The van der Waals surface area contributed by atoms with Crippen molar-refractivity contribution in [1.82, 2.24) is 4.90 Å². The van der Waals surface area contributed by atoms with Gasteiger partial charge in [-0.05, 0) is 37.1 Å². The molecular weight excluding hydrogens is 270 g/mol. The first-order valence-corrected chi connectivity index (χ1v) is 6.19. The summed E-state index contributed by atoms with van der Waals surface area (Å²) < 4.78 is 0.962. The standard InChI is InChI=1S/C12H14BrNO2/c13-10-5-3-9(4-6-10)12(16)14-7-1-2-11(14)8-15/h3-6,11,15H,1-2,7-8H2. The lowest BCUT2D eigenvalue weighted by Gasteiger charge is -2.23. The minimum Gasteiger partial charge on any atom is -0.394 e. The summed E-state index contributed by atoms with van der Waals surface area (Å²) >= 11 is 3.34. The lowest BCUT2D eigenvalue weighted by atomic mass is 10.2. The zero-order valence-corrected chi connectivity index (χ0v) is 10.5. The molecule has 1 saturated heterocycles. The van der Waals surface area contributed by atoms with Crippen LogP contribution in [-0.4, -0.2) is 35.1 Å². The van der Waals surface area contributed by atoms with Crippen LogP contribution in [0.15, 0.2) is 28.7 Å². The van der Waals surface area contributed by atoms with E-state index in [9.17, 15) is 9.90 Å². The maximum Gasteiger partial charge on any atom is 0.254 e. The van der Waals surface area contributed by atoms with E-state index in [-0.39, 0.29) is 18.6 Å². The van der Waals surface area contributed by atoms with Gasteiger partial charge in [0.05, 0.1) is 12.6 Å². The number of aliphatic hydroxyl groups excluding tert-OH is 1. The third-order valence-corrected chi connectivity index (χ3v) is 3.47. The van der Waals surface area contributed by atoms with Crippen LogP contribution in [0.4, 0.5) is 0 Å². The Kier molecular flexibility index (Phi) is 3.61. The van der Waals surface area contributed by atoms with Crippen molar-refractivity contribution < 1.29 is 9.90 Å². The van der Waals surface area contributed by atoms with E-state index < -0.39 is 0 Å². The fraction of sp³-hybridized carbons (Fsp3) is 0.417. The van der Waals surface area contributed by atoms with E-state index in [0.717, 1.165) is 23.9 Å². The average Bonchev–Trinajstić information content (AvgIpc) is 2.77. The monoisotopic (exact) mass is 283 g/mol. The molecule has 1 heterocycles. The number of hydrogen-bond acceptors (Lipinski definition) is 2. The molecule has 1 aliphatic rings. The normalized spacial score (nSPS) is 20.1. The van der Waals surface area contributed by atoms with Crippen LogP contribution >= 0.6 is 15.9 Å². The Morgan fingerprint density at radius 1 is 1.44 bits per heavy atom. The molecule has 1 aliphatic heterocycles. The van der Waals surface area contributed by atoms with Crippen LogP contribution in [0.25, 0.3) is 0 Å². The summed E-state index contributed by atoms with van der Waals surface area (Å²) in [7, 11) is 0.